The predicted molar refractivity (Wildman–Crippen MR) is 106 cm³/mol. The van der Waals surface area contributed by atoms with Gasteiger partial charge in [0.1, 0.15) is 17.4 Å². The number of alkyl halides is 3. The molecule has 0 saturated carbocycles. The first-order valence-corrected chi connectivity index (χ1v) is 9.38. The summed E-state index contributed by atoms with van der Waals surface area (Å²) in [5.74, 6) is 0.242. The van der Waals surface area contributed by atoms with Gasteiger partial charge in [0.2, 0.25) is 0 Å². The summed E-state index contributed by atoms with van der Waals surface area (Å²) in [7, 11) is 0. The highest BCUT2D eigenvalue weighted by Crippen LogP contribution is 2.30. The average molecular weight is 433 g/mol. The molecule has 1 amide bonds. The Bertz CT molecular complexity index is 1050. The van der Waals surface area contributed by atoms with Crippen molar-refractivity contribution in [1.29, 1.82) is 0 Å². The van der Waals surface area contributed by atoms with E-state index >= 15 is 0 Å². The van der Waals surface area contributed by atoms with Crippen molar-refractivity contribution in [1.82, 2.24) is 15.0 Å². The van der Waals surface area contributed by atoms with Crippen molar-refractivity contribution in [3.05, 3.63) is 54.5 Å². The zero-order chi connectivity index (χ0) is 22.0. The third-order valence-electron chi connectivity index (χ3n) is 4.69. The van der Waals surface area contributed by atoms with Crippen LogP contribution in [0.15, 0.2) is 48.9 Å². The van der Waals surface area contributed by atoms with E-state index in [0.717, 1.165) is 12.1 Å². The molecule has 1 aliphatic rings. The minimum atomic E-state index is -4.79. The van der Waals surface area contributed by atoms with Crippen LogP contribution < -0.4 is 15.0 Å². The first-order valence-electron chi connectivity index (χ1n) is 9.38. The third-order valence-corrected chi connectivity index (χ3v) is 4.69. The summed E-state index contributed by atoms with van der Waals surface area (Å²) >= 11 is 0. The number of amides is 1. The number of rotatable bonds is 5. The Morgan fingerprint density at radius 3 is 2.65 bits per heavy atom. The number of aromatic amines is 1. The molecular weight excluding hydrogens is 415 g/mol. The average Bonchev–Trinajstić information content (AvgIpc) is 3.40. The number of anilines is 2. The van der Waals surface area contributed by atoms with Crippen molar-refractivity contribution in [2.45, 2.75) is 18.9 Å². The number of H-pyrrole nitrogens is 1. The first-order chi connectivity index (χ1) is 14.8. The maximum Gasteiger partial charge on any atom is 0.573 e. The fraction of sp³-hybridized carbons (Fsp3) is 0.250. The maximum absolute atomic E-state index is 12.7. The molecule has 3 aromatic rings. The largest absolute Gasteiger partial charge is 0.573 e. The molecule has 1 atom stereocenters. The Labute approximate surface area is 174 Å². The van der Waals surface area contributed by atoms with Gasteiger partial charge in [-0.1, -0.05) is 0 Å². The maximum atomic E-state index is 12.7. The van der Waals surface area contributed by atoms with E-state index in [1.54, 1.807) is 18.5 Å². The number of imidazole rings is 1. The molecule has 162 valence electrons. The topological polar surface area (TPSA) is 103 Å². The van der Waals surface area contributed by atoms with Crippen LogP contribution in [0.2, 0.25) is 0 Å². The molecule has 1 aromatic carbocycles. The summed E-state index contributed by atoms with van der Waals surface area (Å²) in [6.45, 7) is 1.05. The SMILES string of the molecule is O=C(Nc1ccc(OC(F)(F)F)cc1)c1cnc(N2CC[C@@H](O)C2)c(-c2ncc[nH]2)c1. The second-order valence-corrected chi connectivity index (χ2v) is 6.95. The van der Waals surface area contributed by atoms with Gasteiger partial charge in [-0.3, -0.25) is 4.79 Å². The molecule has 1 saturated heterocycles. The van der Waals surface area contributed by atoms with E-state index in [1.807, 2.05) is 4.90 Å². The minimum Gasteiger partial charge on any atom is -0.406 e. The van der Waals surface area contributed by atoms with Gasteiger partial charge in [-0.2, -0.15) is 0 Å². The standard InChI is InChI=1S/C20H18F3N5O3/c21-20(22,23)31-15-3-1-13(2-4-15)27-19(30)12-9-16(17-24-6-7-25-17)18(26-10-12)28-8-5-14(29)11-28/h1-4,6-7,9-10,14,29H,5,8,11H2,(H,24,25)(H,27,30)/t14-/m1/s1. The van der Waals surface area contributed by atoms with Crippen molar-refractivity contribution in [3.8, 4) is 17.1 Å². The number of carbonyl (C=O) groups excluding carboxylic acids is 1. The molecule has 0 bridgehead atoms. The van der Waals surface area contributed by atoms with Gasteiger partial charge in [0.15, 0.2) is 0 Å². The van der Waals surface area contributed by atoms with Crippen molar-refractivity contribution in [3.63, 3.8) is 0 Å². The second-order valence-electron chi connectivity index (χ2n) is 6.95. The molecule has 0 radical (unpaired) electrons. The lowest BCUT2D eigenvalue weighted by atomic mass is 10.1. The second kappa shape index (κ2) is 8.26. The number of aromatic nitrogens is 3. The molecule has 4 rings (SSSR count). The van der Waals surface area contributed by atoms with Gasteiger partial charge in [0.05, 0.1) is 17.2 Å². The van der Waals surface area contributed by atoms with E-state index in [1.165, 1.54) is 18.3 Å². The van der Waals surface area contributed by atoms with Gasteiger partial charge in [-0.05, 0) is 36.8 Å². The molecule has 31 heavy (non-hydrogen) atoms. The highest BCUT2D eigenvalue weighted by Gasteiger charge is 2.31. The zero-order valence-corrected chi connectivity index (χ0v) is 16.1. The van der Waals surface area contributed by atoms with Crippen LogP contribution in [0.3, 0.4) is 0 Å². The molecule has 0 spiro atoms. The predicted octanol–water partition coefficient (Wildman–Crippen LogP) is 3.19. The van der Waals surface area contributed by atoms with Crippen LogP contribution in [0, 0.1) is 0 Å². The Morgan fingerprint density at radius 2 is 2.03 bits per heavy atom. The van der Waals surface area contributed by atoms with Crippen LogP contribution in [0.5, 0.6) is 5.75 Å². The molecule has 1 fully saturated rings. The number of ether oxygens (including phenoxy) is 1. The molecule has 0 unspecified atom stereocenters. The van der Waals surface area contributed by atoms with Crippen LogP contribution in [-0.2, 0) is 0 Å². The van der Waals surface area contributed by atoms with E-state index < -0.39 is 18.4 Å². The highest BCUT2D eigenvalue weighted by atomic mass is 19.4. The monoisotopic (exact) mass is 433 g/mol. The lowest BCUT2D eigenvalue weighted by molar-refractivity contribution is -0.274. The fourth-order valence-corrected chi connectivity index (χ4v) is 3.30. The normalized spacial score (nSPS) is 16.4. The van der Waals surface area contributed by atoms with Gasteiger partial charge in [0, 0.05) is 37.4 Å². The molecular formula is C20H18F3N5O3. The van der Waals surface area contributed by atoms with Crippen molar-refractivity contribution < 1.29 is 27.8 Å². The molecule has 1 aliphatic heterocycles. The van der Waals surface area contributed by atoms with Crippen LogP contribution in [0.4, 0.5) is 24.7 Å². The van der Waals surface area contributed by atoms with E-state index in [-0.39, 0.29) is 11.3 Å². The lowest BCUT2D eigenvalue weighted by Crippen LogP contribution is -2.23. The van der Waals surface area contributed by atoms with E-state index in [9.17, 15) is 23.1 Å². The summed E-state index contributed by atoms with van der Waals surface area (Å²) in [6.07, 6.45) is 0.0213. The zero-order valence-electron chi connectivity index (χ0n) is 16.1. The number of halogens is 3. The summed E-state index contributed by atoms with van der Waals surface area (Å²) in [5, 5.41) is 12.5. The summed E-state index contributed by atoms with van der Waals surface area (Å²) < 4.78 is 40.6. The van der Waals surface area contributed by atoms with Crippen molar-refractivity contribution in [2.24, 2.45) is 0 Å². The van der Waals surface area contributed by atoms with Gasteiger partial charge >= 0.3 is 6.36 Å². The highest BCUT2D eigenvalue weighted by molar-refractivity contribution is 6.05. The fourth-order valence-electron chi connectivity index (χ4n) is 3.30. The molecule has 11 heteroatoms. The first kappa shape index (κ1) is 20.7. The number of β-amino-alcohol motifs (C(OH)–C–C–N with tert-alkyl or cyclic N) is 1. The Kier molecular flexibility index (Phi) is 5.51. The van der Waals surface area contributed by atoms with Crippen LogP contribution in [0.1, 0.15) is 16.8 Å². The molecule has 3 heterocycles. The number of nitrogens with one attached hydrogen (secondary N) is 2. The Balaban J connectivity index is 1.55. The summed E-state index contributed by atoms with van der Waals surface area (Å²) in [6, 6.07) is 6.46. The third kappa shape index (κ3) is 4.94. The Hall–Kier alpha value is -3.60. The molecule has 8 nitrogen and oxygen atoms in total. The number of aliphatic hydroxyl groups excluding tert-OH is 1. The van der Waals surface area contributed by atoms with Gasteiger partial charge in [-0.25, -0.2) is 9.97 Å². The Morgan fingerprint density at radius 1 is 1.26 bits per heavy atom. The van der Waals surface area contributed by atoms with Gasteiger partial charge in [-0.15, -0.1) is 13.2 Å². The van der Waals surface area contributed by atoms with Gasteiger partial charge < -0.3 is 25.0 Å². The number of pyridine rings is 1. The van der Waals surface area contributed by atoms with Crippen LogP contribution in [0.25, 0.3) is 11.4 Å². The lowest BCUT2D eigenvalue weighted by Gasteiger charge is -2.20. The quantitative estimate of drug-likeness (QED) is 0.571. The van der Waals surface area contributed by atoms with Crippen molar-refractivity contribution >= 4 is 17.4 Å². The minimum absolute atomic E-state index is 0.241. The number of nitrogens with zero attached hydrogens (tertiary/aromatic N) is 3. The smallest absolute Gasteiger partial charge is 0.406 e. The number of aliphatic hydroxyl groups is 1. The van der Waals surface area contributed by atoms with Crippen molar-refractivity contribution in [2.75, 3.05) is 23.3 Å². The van der Waals surface area contributed by atoms with Gasteiger partial charge in [0.25, 0.3) is 5.91 Å². The van der Waals surface area contributed by atoms with Crippen LogP contribution >= 0.6 is 0 Å². The molecule has 0 aliphatic carbocycles. The van der Waals surface area contributed by atoms with E-state index in [4.69, 9.17) is 0 Å². The number of hydrogen-bond acceptors (Lipinski definition) is 6. The van der Waals surface area contributed by atoms with Crippen LogP contribution in [-0.4, -0.2) is 51.5 Å². The molecule has 3 N–H and O–H groups in total. The van der Waals surface area contributed by atoms with E-state index in [2.05, 4.69) is 25.0 Å². The number of carbonyl (C=O) groups is 1. The summed E-state index contributed by atoms with van der Waals surface area (Å²) in [4.78, 5) is 26.3. The van der Waals surface area contributed by atoms with E-state index in [0.29, 0.717) is 42.4 Å². The molecule has 2 aromatic heterocycles. The summed E-state index contributed by atoms with van der Waals surface area (Å²) in [5.41, 5.74) is 1.14. The number of hydrogen-bond donors (Lipinski definition) is 3. The number of benzene rings is 1.